The summed E-state index contributed by atoms with van der Waals surface area (Å²) < 4.78 is 6.06. The maximum Gasteiger partial charge on any atom is 0.255 e. The van der Waals surface area contributed by atoms with E-state index in [1.54, 1.807) is 39.8 Å². The van der Waals surface area contributed by atoms with Crippen LogP contribution in [0.25, 0.3) is 0 Å². The highest BCUT2D eigenvalue weighted by atomic mass is 16.5. The van der Waals surface area contributed by atoms with Gasteiger partial charge in [-0.25, -0.2) is 0 Å². The van der Waals surface area contributed by atoms with E-state index < -0.39 is 42.0 Å². The average Bonchev–Trinajstić information content (AvgIpc) is 3.35. The largest absolute Gasteiger partial charge is 0.507 e. The number of phenols is 1. The molecule has 0 spiro atoms. The van der Waals surface area contributed by atoms with Gasteiger partial charge in [0.05, 0.1) is 24.3 Å². The van der Waals surface area contributed by atoms with E-state index in [1.165, 1.54) is 11.0 Å². The van der Waals surface area contributed by atoms with Crippen molar-refractivity contribution in [2.24, 2.45) is 5.92 Å². The highest BCUT2D eigenvalue weighted by Crippen LogP contribution is 2.26. The number of rotatable bonds is 11. The number of nitrogens with zero attached hydrogens (tertiary/aromatic N) is 1. The Bertz CT molecular complexity index is 1140. The number of aromatic hydroxyl groups is 1. The summed E-state index contributed by atoms with van der Waals surface area (Å²) in [5.74, 6) is -1.89. The van der Waals surface area contributed by atoms with Gasteiger partial charge in [-0.1, -0.05) is 63.2 Å². The third-order valence-electron chi connectivity index (χ3n) is 6.81. The Morgan fingerprint density at radius 3 is 2.45 bits per heavy atom. The van der Waals surface area contributed by atoms with Crippen LogP contribution in [0.2, 0.25) is 0 Å². The summed E-state index contributed by atoms with van der Waals surface area (Å²) in [6, 6.07) is 12.0. The first-order valence-corrected chi connectivity index (χ1v) is 13.0. The van der Waals surface area contributed by atoms with E-state index in [9.17, 15) is 24.3 Å². The first-order valence-electron chi connectivity index (χ1n) is 13.0. The summed E-state index contributed by atoms with van der Waals surface area (Å²) in [4.78, 5) is 52.8. The van der Waals surface area contributed by atoms with Gasteiger partial charge in [-0.3, -0.25) is 14.4 Å². The van der Waals surface area contributed by atoms with Crippen LogP contribution < -0.4 is 10.6 Å². The monoisotopic (exact) mass is 523 g/mol. The second-order valence-electron chi connectivity index (χ2n) is 9.99. The number of carbonyl (C=O) groups is 4. The average molecular weight is 524 g/mol. The first kappa shape index (κ1) is 28.8. The van der Waals surface area contributed by atoms with E-state index in [1.807, 2.05) is 30.3 Å². The van der Waals surface area contributed by atoms with E-state index in [4.69, 9.17) is 4.74 Å². The van der Waals surface area contributed by atoms with Crippen molar-refractivity contribution in [2.75, 3.05) is 6.54 Å². The number of hydrogen-bond acceptors (Lipinski definition) is 6. The van der Waals surface area contributed by atoms with Crippen molar-refractivity contribution in [1.82, 2.24) is 15.5 Å². The van der Waals surface area contributed by atoms with Crippen LogP contribution in [0.3, 0.4) is 0 Å². The summed E-state index contributed by atoms with van der Waals surface area (Å²) in [6.45, 7) is 7.55. The van der Waals surface area contributed by atoms with Crippen molar-refractivity contribution < 1.29 is 29.0 Å². The molecule has 1 fully saturated rings. The molecule has 2 aromatic rings. The van der Waals surface area contributed by atoms with Crippen LogP contribution in [0.4, 0.5) is 0 Å². The third-order valence-corrected chi connectivity index (χ3v) is 6.81. The van der Waals surface area contributed by atoms with Gasteiger partial charge in [-0.15, -0.1) is 0 Å². The SMILES string of the molecule is CC[C@@H](C=O)NC(=O)[C@@H]1C[C@@H](OCc2ccccc2)CN1C(=O)[C@@H](NC(=O)c1cccc(C)c1O)C(C)C. The molecule has 1 aliphatic rings. The second-order valence-corrected chi connectivity index (χ2v) is 9.99. The Labute approximate surface area is 223 Å². The molecule has 0 radical (unpaired) electrons. The van der Waals surface area contributed by atoms with Gasteiger partial charge in [-0.05, 0) is 36.5 Å². The molecule has 4 atom stereocenters. The molecule has 38 heavy (non-hydrogen) atoms. The lowest BCUT2D eigenvalue weighted by atomic mass is 10.0. The third kappa shape index (κ3) is 6.98. The van der Waals surface area contributed by atoms with Gasteiger partial charge in [0, 0.05) is 13.0 Å². The van der Waals surface area contributed by atoms with Crippen LogP contribution in [0.1, 0.15) is 55.1 Å². The van der Waals surface area contributed by atoms with E-state index in [-0.39, 0.29) is 30.2 Å². The molecular formula is C29H37N3O6. The van der Waals surface area contributed by atoms with Gasteiger partial charge in [-0.2, -0.15) is 0 Å². The smallest absolute Gasteiger partial charge is 0.255 e. The van der Waals surface area contributed by atoms with E-state index in [2.05, 4.69) is 10.6 Å². The lowest BCUT2D eigenvalue weighted by Crippen LogP contribution is -2.56. The van der Waals surface area contributed by atoms with Gasteiger partial charge >= 0.3 is 0 Å². The lowest BCUT2D eigenvalue weighted by Gasteiger charge is -2.31. The molecule has 3 rings (SSSR count). The zero-order valence-electron chi connectivity index (χ0n) is 22.3. The van der Waals surface area contributed by atoms with Crippen molar-refractivity contribution in [3.63, 3.8) is 0 Å². The number of aldehydes is 1. The molecular weight excluding hydrogens is 486 g/mol. The molecule has 9 nitrogen and oxygen atoms in total. The van der Waals surface area contributed by atoms with Crippen molar-refractivity contribution in [1.29, 1.82) is 0 Å². The maximum absolute atomic E-state index is 13.8. The van der Waals surface area contributed by atoms with Crippen LogP contribution in [-0.4, -0.2) is 64.8 Å². The predicted molar refractivity (Wildman–Crippen MR) is 142 cm³/mol. The molecule has 204 valence electrons. The first-order chi connectivity index (χ1) is 18.2. The molecule has 2 aromatic carbocycles. The number of carbonyl (C=O) groups excluding carboxylic acids is 4. The van der Waals surface area contributed by atoms with E-state index >= 15 is 0 Å². The highest BCUT2D eigenvalue weighted by molar-refractivity contribution is 6.00. The maximum atomic E-state index is 13.8. The summed E-state index contributed by atoms with van der Waals surface area (Å²) >= 11 is 0. The van der Waals surface area contributed by atoms with Gasteiger partial charge in [0.1, 0.15) is 24.1 Å². The normalized spacial score (nSPS) is 18.6. The molecule has 1 aliphatic heterocycles. The molecule has 3 amide bonds. The molecule has 0 aliphatic carbocycles. The topological polar surface area (TPSA) is 125 Å². The fraction of sp³-hybridized carbons (Fsp3) is 0.448. The Morgan fingerprint density at radius 1 is 1.11 bits per heavy atom. The van der Waals surface area contributed by atoms with Gasteiger partial charge in [0.15, 0.2) is 0 Å². The number of nitrogens with one attached hydrogen (secondary N) is 2. The summed E-state index contributed by atoms with van der Waals surface area (Å²) in [6.07, 6.45) is 0.954. The predicted octanol–water partition coefficient (Wildman–Crippen LogP) is 2.74. The fourth-order valence-corrected chi connectivity index (χ4v) is 4.46. The molecule has 0 saturated carbocycles. The lowest BCUT2D eigenvalue weighted by molar-refractivity contribution is -0.141. The Hall–Kier alpha value is -3.72. The van der Waals surface area contributed by atoms with Crippen LogP contribution in [-0.2, 0) is 25.7 Å². The summed E-state index contributed by atoms with van der Waals surface area (Å²) in [7, 11) is 0. The summed E-state index contributed by atoms with van der Waals surface area (Å²) in [5.41, 5.74) is 1.58. The number of likely N-dealkylation sites (tertiary alicyclic amines) is 1. The second kappa shape index (κ2) is 13.2. The minimum Gasteiger partial charge on any atom is -0.507 e. The van der Waals surface area contributed by atoms with Crippen molar-refractivity contribution in [3.05, 3.63) is 65.2 Å². The van der Waals surface area contributed by atoms with Crippen LogP contribution in [0.15, 0.2) is 48.5 Å². The number of phenolic OH excluding ortho intramolecular Hbond substituents is 1. The van der Waals surface area contributed by atoms with Crippen molar-refractivity contribution >= 4 is 24.0 Å². The molecule has 1 saturated heterocycles. The number of amides is 3. The van der Waals surface area contributed by atoms with Gasteiger partial charge in [0.25, 0.3) is 5.91 Å². The van der Waals surface area contributed by atoms with Crippen LogP contribution >= 0.6 is 0 Å². The van der Waals surface area contributed by atoms with Gasteiger partial charge in [0.2, 0.25) is 11.8 Å². The zero-order valence-corrected chi connectivity index (χ0v) is 22.3. The van der Waals surface area contributed by atoms with Crippen LogP contribution in [0.5, 0.6) is 5.75 Å². The number of benzene rings is 2. The Morgan fingerprint density at radius 2 is 1.82 bits per heavy atom. The minimum atomic E-state index is -0.946. The Balaban J connectivity index is 1.81. The molecule has 3 N–H and O–H groups in total. The number of hydrogen-bond donors (Lipinski definition) is 3. The van der Waals surface area contributed by atoms with Gasteiger partial charge < -0.3 is 30.2 Å². The van der Waals surface area contributed by atoms with Crippen molar-refractivity contribution in [3.8, 4) is 5.75 Å². The molecule has 0 aromatic heterocycles. The molecule has 1 heterocycles. The zero-order chi connectivity index (χ0) is 27.8. The minimum absolute atomic E-state index is 0.0695. The van der Waals surface area contributed by atoms with Crippen molar-refractivity contribution in [2.45, 2.75) is 71.4 Å². The molecule has 0 unspecified atom stereocenters. The highest BCUT2D eigenvalue weighted by Gasteiger charge is 2.43. The molecule has 0 bridgehead atoms. The standard InChI is InChI=1S/C29H37N3O6/c1-5-21(16-33)30-28(36)24-14-22(38-17-20-11-7-6-8-12-20)15-32(24)29(37)25(18(2)3)31-27(35)23-13-9-10-19(4)26(23)34/h6-13,16,18,21-22,24-25,34H,5,14-15,17H2,1-4H3,(H,30,36)(H,31,35)/t21-,22+,24-,25-/m0/s1. The number of para-hydroxylation sites is 1. The number of aryl methyl sites for hydroxylation is 1. The Kier molecular flexibility index (Phi) is 10.0. The van der Waals surface area contributed by atoms with E-state index in [0.717, 1.165) is 5.56 Å². The van der Waals surface area contributed by atoms with Crippen LogP contribution in [0, 0.1) is 12.8 Å². The van der Waals surface area contributed by atoms with E-state index in [0.29, 0.717) is 24.9 Å². The number of ether oxygens (including phenoxy) is 1. The summed E-state index contributed by atoms with van der Waals surface area (Å²) in [5, 5.41) is 15.8. The quantitative estimate of drug-likeness (QED) is 0.389. The molecule has 9 heteroatoms. The fourth-order valence-electron chi connectivity index (χ4n) is 4.46.